The molecule has 0 aromatic carbocycles. The second-order valence-electron chi connectivity index (χ2n) is 2.07. The van der Waals surface area contributed by atoms with Crippen LogP contribution in [0.15, 0.2) is 17.2 Å². The third-order valence-corrected chi connectivity index (χ3v) is 2.23. The first kappa shape index (κ1) is 9.21. The highest BCUT2D eigenvalue weighted by atomic mass is 32.2. The minimum atomic E-state index is 0.143. The first-order valence-electron chi connectivity index (χ1n) is 3.20. The van der Waals surface area contributed by atoms with Crippen LogP contribution in [0, 0.1) is 10.0 Å². The molecule has 64 valence electrons. The van der Waals surface area contributed by atoms with Gasteiger partial charge in [0.05, 0.1) is 5.75 Å². The van der Waals surface area contributed by atoms with Crippen molar-refractivity contribution in [2.24, 2.45) is 5.73 Å². The molecule has 12 heavy (non-hydrogen) atoms. The molecular weight excluding hydrogens is 192 g/mol. The lowest BCUT2D eigenvalue weighted by molar-refractivity contribution is 0.919. The predicted molar refractivity (Wildman–Crippen MR) is 52.1 cm³/mol. The number of thioether (sulfide) groups is 1. The van der Waals surface area contributed by atoms with E-state index in [4.69, 9.17) is 23.4 Å². The number of hydrogen-bond acceptors (Lipinski definition) is 4. The maximum Gasteiger partial charge on any atom is 0.119 e. The van der Waals surface area contributed by atoms with Crippen LogP contribution in [-0.4, -0.2) is 21.8 Å². The molecule has 0 fully saturated rings. The summed E-state index contributed by atoms with van der Waals surface area (Å²) in [5.41, 5.74) is 5.17. The Morgan fingerprint density at radius 2 is 2.50 bits per heavy atom. The van der Waals surface area contributed by atoms with Crippen molar-refractivity contribution in [3.05, 3.63) is 16.8 Å². The fraction of sp³-hybridized carbons (Fsp3) is 0.167. The normalized spacial score (nSPS) is 9.67. The topological polar surface area (TPSA) is 78.5 Å². The van der Waals surface area contributed by atoms with Gasteiger partial charge in [0.15, 0.2) is 0 Å². The van der Waals surface area contributed by atoms with Crippen molar-refractivity contribution >= 4 is 29.8 Å². The third kappa shape index (κ3) is 3.02. The molecule has 6 heteroatoms. The van der Waals surface area contributed by atoms with Crippen LogP contribution in [0.5, 0.6) is 0 Å². The summed E-state index contributed by atoms with van der Waals surface area (Å²) in [6, 6.07) is 3.55. The van der Waals surface area contributed by atoms with Crippen molar-refractivity contribution in [3.63, 3.8) is 0 Å². The molecule has 0 aliphatic carbocycles. The van der Waals surface area contributed by atoms with E-state index in [9.17, 15) is 0 Å². The van der Waals surface area contributed by atoms with Crippen LogP contribution in [-0.2, 0) is 0 Å². The summed E-state index contributed by atoms with van der Waals surface area (Å²) in [4.78, 5) is 0. The van der Waals surface area contributed by atoms with Gasteiger partial charge in [0, 0.05) is 0 Å². The fourth-order valence-electron chi connectivity index (χ4n) is 0.564. The summed E-state index contributed by atoms with van der Waals surface area (Å²) in [6.07, 6.45) is 0. The van der Waals surface area contributed by atoms with Gasteiger partial charge in [-0.2, -0.15) is 5.10 Å². The molecule has 0 radical (unpaired) electrons. The molecule has 4 N–H and O–H groups in total. The zero-order valence-electron chi connectivity index (χ0n) is 6.20. The van der Waals surface area contributed by atoms with Gasteiger partial charge >= 0.3 is 0 Å². The van der Waals surface area contributed by atoms with Gasteiger partial charge in [-0.05, 0) is 12.1 Å². The van der Waals surface area contributed by atoms with E-state index in [1.54, 1.807) is 12.1 Å². The zero-order chi connectivity index (χ0) is 8.97. The fourth-order valence-corrected chi connectivity index (χ4v) is 1.26. The second kappa shape index (κ2) is 4.22. The van der Waals surface area contributed by atoms with Crippen LogP contribution >= 0.6 is 24.0 Å². The number of nitrogens with zero attached hydrogens (tertiary/aromatic N) is 1. The summed E-state index contributed by atoms with van der Waals surface area (Å²) in [5.74, 6) is 0.599. The number of hydrogen-bond donors (Lipinski definition) is 3. The van der Waals surface area contributed by atoms with E-state index in [1.165, 1.54) is 11.8 Å². The van der Waals surface area contributed by atoms with Crippen LogP contribution < -0.4 is 5.73 Å². The lowest BCUT2D eigenvalue weighted by atomic mass is 10.6. The molecule has 0 spiro atoms. The van der Waals surface area contributed by atoms with E-state index in [0.717, 1.165) is 5.03 Å². The molecule has 0 saturated carbocycles. The van der Waals surface area contributed by atoms with Gasteiger partial charge in [-0.3, -0.25) is 10.5 Å². The number of aromatic amines is 1. The Kier molecular flexibility index (Phi) is 3.24. The molecule has 0 aliphatic rings. The highest BCUT2D eigenvalue weighted by Crippen LogP contribution is 2.11. The number of nitrogens with one attached hydrogen (secondary N) is 2. The molecule has 0 amide bonds. The van der Waals surface area contributed by atoms with Gasteiger partial charge in [0.2, 0.25) is 0 Å². The number of nitrogens with two attached hydrogens (primary N) is 1. The second-order valence-corrected chi connectivity index (χ2v) is 3.51. The molecule has 0 bridgehead atoms. The monoisotopic (exact) mass is 200 g/mol. The first-order valence-corrected chi connectivity index (χ1v) is 4.59. The van der Waals surface area contributed by atoms with Gasteiger partial charge < -0.3 is 5.73 Å². The lowest BCUT2D eigenvalue weighted by Gasteiger charge is -1.96. The van der Waals surface area contributed by atoms with Gasteiger partial charge in [-0.15, -0.1) is 0 Å². The number of amidine groups is 1. The van der Waals surface area contributed by atoms with Crippen molar-refractivity contribution in [2.75, 3.05) is 5.75 Å². The predicted octanol–water partition coefficient (Wildman–Crippen LogP) is 1.17. The zero-order valence-corrected chi connectivity index (χ0v) is 7.84. The maximum atomic E-state index is 6.98. The Morgan fingerprint density at radius 3 is 3.00 bits per heavy atom. The largest absolute Gasteiger partial charge is 0.387 e. The van der Waals surface area contributed by atoms with Crippen molar-refractivity contribution < 1.29 is 0 Å². The molecule has 1 aromatic heterocycles. The van der Waals surface area contributed by atoms with Crippen molar-refractivity contribution in [1.29, 1.82) is 5.41 Å². The number of aromatic nitrogens is 2. The van der Waals surface area contributed by atoms with Crippen LogP contribution in [0.2, 0.25) is 0 Å². The highest BCUT2D eigenvalue weighted by Gasteiger charge is 1.95. The molecule has 1 heterocycles. The third-order valence-electron chi connectivity index (χ3n) is 1.03. The van der Waals surface area contributed by atoms with Crippen molar-refractivity contribution in [1.82, 2.24) is 10.2 Å². The van der Waals surface area contributed by atoms with E-state index >= 15 is 0 Å². The van der Waals surface area contributed by atoms with Gasteiger partial charge in [0.1, 0.15) is 15.5 Å². The molecule has 0 unspecified atom stereocenters. The quantitative estimate of drug-likeness (QED) is 0.296. The molecule has 0 atom stereocenters. The molecule has 0 saturated heterocycles. The van der Waals surface area contributed by atoms with Gasteiger partial charge in [0.25, 0.3) is 0 Å². The summed E-state index contributed by atoms with van der Waals surface area (Å²) in [5, 5.41) is 14.4. The Hall–Kier alpha value is -0.880. The van der Waals surface area contributed by atoms with Crippen molar-refractivity contribution in [2.45, 2.75) is 5.03 Å². The van der Waals surface area contributed by atoms with Crippen LogP contribution in [0.3, 0.4) is 0 Å². The van der Waals surface area contributed by atoms with Gasteiger partial charge in [-0.1, -0.05) is 24.0 Å². The Balaban J connectivity index is 2.59. The standard InChI is InChI=1S/C6H8N4S2/c7-4(8)3-12-6-2-1-5(11)9-10-6/h1-2H,3H2,(H3,7,8)(H,9,11). The SMILES string of the molecule is N=C(N)CSc1ccc(=S)[nH]n1. The van der Waals surface area contributed by atoms with E-state index in [2.05, 4.69) is 10.2 Å². The average Bonchev–Trinajstić information content (AvgIpc) is 2.03. The Labute approximate surface area is 79.1 Å². The maximum absolute atomic E-state index is 6.98. The summed E-state index contributed by atoms with van der Waals surface area (Å²) >= 11 is 6.21. The highest BCUT2D eigenvalue weighted by molar-refractivity contribution is 7.99. The van der Waals surface area contributed by atoms with Crippen LogP contribution in [0.1, 0.15) is 0 Å². The first-order chi connectivity index (χ1) is 5.68. The average molecular weight is 200 g/mol. The summed E-state index contributed by atoms with van der Waals surface area (Å²) in [6.45, 7) is 0. The summed E-state index contributed by atoms with van der Waals surface area (Å²) in [7, 11) is 0. The van der Waals surface area contributed by atoms with E-state index in [0.29, 0.717) is 10.4 Å². The summed E-state index contributed by atoms with van der Waals surface area (Å²) < 4.78 is 0.599. The Bertz CT molecular complexity index is 312. The Morgan fingerprint density at radius 1 is 1.75 bits per heavy atom. The smallest absolute Gasteiger partial charge is 0.119 e. The van der Waals surface area contributed by atoms with E-state index in [-0.39, 0.29) is 5.84 Å². The van der Waals surface area contributed by atoms with E-state index < -0.39 is 0 Å². The minimum absolute atomic E-state index is 0.143. The molecular formula is C6H8N4S2. The van der Waals surface area contributed by atoms with Gasteiger partial charge in [-0.25, -0.2) is 0 Å². The molecule has 4 nitrogen and oxygen atoms in total. The molecule has 1 aromatic rings. The van der Waals surface area contributed by atoms with Crippen LogP contribution in [0.25, 0.3) is 0 Å². The molecule has 0 aliphatic heterocycles. The van der Waals surface area contributed by atoms with Crippen LogP contribution in [0.4, 0.5) is 0 Å². The number of H-pyrrole nitrogens is 1. The van der Waals surface area contributed by atoms with Crippen molar-refractivity contribution in [3.8, 4) is 0 Å². The molecule has 1 rings (SSSR count). The lowest BCUT2D eigenvalue weighted by Crippen LogP contribution is -2.12. The number of rotatable bonds is 3. The van der Waals surface area contributed by atoms with E-state index in [1.807, 2.05) is 0 Å². The minimum Gasteiger partial charge on any atom is -0.387 e.